The molecule has 0 bridgehead atoms. The van der Waals surface area contributed by atoms with E-state index in [1.807, 2.05) is 13.8 Å². The van der Waals surface area contributed by atoms with Crippen LogP contribution in [0, 0.1) is 5.41 Å². The smallest absolute Gasteiger partial charge is 0.259 e. The number of amides is 1. The van der Waals surface area contributed by atoms with Crippen LogP contribution in [0.25, 0.3) is 11.0 Å². The molecule has 0 radical (unpaired) electrons. The van der Waals surface area contributed by atoms with Gasteiger partial charge in [0, 0.05) is 18.5 Å². The number of fused-ring (bicyclic) bond motifs is 2. The highest BCUT2D eigenvalue weighted by atomic mass is 16.3. The second-order valence-electron chi connectivity index (χ2n) is 7.42. The summed E-state index contributed by atoms with van der Waals surface area (Å²) < 4.78 is 5.51. The number of rotatable bonds is 3. The Labute approximate surface area is 149 Å². The molecule has 0 fully saturated rings. The summed E-state index contributed by atoms with van der Waals surface area (Å²) in [4.78, 5) is 32.3. The number of nitrogens with one attached hydrogen (secondary N) is 2. The number of benzene rings is 1. The standard InChI is InChI=1S/C19H19N3O4/c1-19(2)6-14(24)17-11(9-26-15(17)7-19)18(25)20-10-3-4-12-13(5-10)22-16(8-23)21-12/h3-5,9,23H,6-8H2,1-2H3,(H,20,25)(H,21,22). The maximum absolute atomic E-state index is 12.7. The Hall–Kier alpha value is -2.93. The Morgan fingerprint density at radius 2 is 2.19 bits per heavy atom. The molecule has 0 spiro atoms. The van der Waals surface area contributed by atoms with Gasteiger partial charge in [0.2, 0.25) is 0 Å². The van der Waals surface area contributed by atoms with Crippen LogP contribution >= 0.6 is 0 Å². The lowest BCUT2D eigenvalue weighted by Crippen LogP contribution is -2.27. The van der Waals surface area contributed by atoms with Crippen LogP contribution in [0.4, 0.5) is 5.69 Å². The van der Waals surface area contributed by atoms with E-state index in [1.165, 1.54) is 6.26 Å². The second kappa shape index (κ2) is 5.81. The first kappa shape index (κ1) is 16.5. The Balaban J connectivity index is 1.62. The first-order valence-electron chi connectivity index (χ1n) is 8.41. The van der Waals surface area contributed by atoms with Gasteiger partial charge in [-0.15, -0.1) is 0 Å². The molecular formula is C19H19N3O4. The maximum atomic E-state index is 12.7. The summed E-state index contributed by atoms with van der Waals surface area (Å²) >= 11 is 0. The summed E-state index contributed by atoms with van der Waals surface area (Å²) in [6.45, 7) is 3.84. The summed E-state index contributed by atoms with van der Waals surface area (Å²) in [5.74, 6) is 0.588. The lowest BCUT2D eigenvalue weighted by Gasteiger charge is -2.27. The summed E-state index contributed by atoms with van der Waals surface area (Å²) in [5, 5.41) is 11.9. The van der Waals surface area contributed by atoms with Crippen molar-refractivity contribution in [1.82, 2.24) is 9.97 Å². The normalized spacial score (nSPS) is 15.9. The largest absolute Gasteiger partial charge is 0.468 e. The summed E-state index contributed by atoms with van der Waals surface area (Å²) in [6.07, 6.45) is 2.38. The number of hydrogen-bond donors (Lipinski definition) is 3. The third kappa shape index (κ3) is 2.80. The van der Waals surface area contributed by atoms with Crippen molar-refractivity contribution in [3.8, 4) is 0 Å². The molecule has 3 N–H and O–H groups in total. The van der Waals surface area contributed by atoms with E-state index in [0.717, 1.165) is 0 Å². The van der Waals surface area contributed by atoms with Gasteiger partial charge >= 0.3 is 0 Å². The number of furan rings is 1. The average Bonchev–Trinajstić information content (AvgIpc) is 3.16. The lowest BCUT2D eigenvalue weighted by molar-refractivity contribution is 0.0895. The van der Waals surface area contributed by atoms with Crippen LogP contribution < -0.4 is 5.32 Å². The van der Waals surface area contributed by atoms with Crippen LogP contribution in [-0.2, 0) is 13.0 Å². The molecule has 2 aromatic heterocycles. The first-order valence-corrected chi connectivity index (χ1v) is 8.41. The Kier molecular flexibility index (Phi) is 3.69. The molecular weight excluding hydrogens is 334 g/mol. The van der Waals surface area contributed by atoms with Gasteiger partial charge in [-0.2, -0.15) is 0 Å². The van der Waals surface area contributed by atoms with E-state index in [4.69, 9.17) is 9.52 Å². The van der Waals surface area contributed by atoms with E-state index < -0.39 is 0 Å². The molecule has 1 aliphatic carbocycles. The number of anilines is 1. The van der Waals surface area contributed by atoms with Crippen molar-refractivity contribution in [2.24, 2.45) is 5.41 Å². The minimum Gasteiger partial charge on any atom is -0.468 e. The number of aromatic nitrogens is 2. The number of nitrogens with zero attached hydrogens (tertiary/aromatic N) is 1. The van der Waals surface area contributed by atoms with Crippen molar-refractivity contribution in [1.29, 1.82) is 0 Å². The highest BCUT2D eigenvalue weighted by Crippen LogP contribution is 2.37. The summed E-state index contributed by atoms with van der Waals surface area (Å²) in [7, 11) is 0. The predicted molar refractivity (Wildman–Crippen MR) is 95.1 cm³/mol. The predicted octanol–water partition coefficient (Wildman–Crippen LogP) is 3.06. The average molecular weight is 353 g/mol. The molecule has 2 heterocycles. The molecule has 26 heavy (non-hydrogen) atoms. The molecule has 0 saturated carbocycles. The van der Waals surface area contributed by atoms with Gasteiger partial charge < -0.3 is 19.8 Å². The van der Waals surface area contributed by atoms with Gasteiger partial charge in [-0.3, -0.25) is 9.59 Å². The van der Waals surface area contributed by atoms with E-state index in [0.29, 0.717) is 46.7 Å². The van der Waals surface area contributed by atoms with E-state index in [1.54, 1.807) is 18.2 Å². The Morgan fingerprint density at radius 3 is 2.96 bits per heavy atom. The van der Waals surface area contributed by atoms with Gasteiger partial charge in [-0.05, 0) is 23.6 Å². The molecule has 0 unspecified atom stereocenters. The maximum Gasteiger partial charge on any atom is 0.259 e. The highest BCUT2D eigenvalue weighted by Gasteiger charge is 2.36. The van der Waals surface area contributed by atoms with Crippen LogP contribution in [0.3, 0.4) is 0 Å². The minimum absolute atomic E-state index is 0.0632. The monoisotopic (exact) mass is 353 g/mol. The van der Waals surface area contributed by atoms with Crippen molar-refractivity contribution in [3.63, 3.8) is 0 Å². The molecule has 4 rings (SSSR count). The van der Waals surface area contributed by atoms with Crippen LogP contribution in [0.5, 0.6) is 0 Å². The van der Waals surface area contributed by atoms with Gasteiger partial charge in [0.1, 0.15) is 24.5 Å². The molecule has 7 nitrogen and oxygen atoms in total. The number of H-pyrrole nitrogens is 1. The fourth-order valence-corrected chi connectivity index (χ4v) is 3.43. The third-order valence-electron chi connectivity index (χ3n) is 4.61. The van der Waals surface area contributed by atoms with Gasteiger partial charge in [-0.25, -0.2) is 4.98 Å². The van der Waals surface area contributed by atoms with Crippen LogP contribution in [0.1, 0.15) is 52.6 Å². The van der Waals surface area contributed by atoms with E-state index >= 15 is 0 Å². The van der Waals surface area contributed by atoms with Gasteiger partial charge in [-0.1, -0.05) is 13.8 Å². The zero-order valence-electron chi connectivity index (χ0n) is 14.5. The van der Waals surface area contributed by atoms with Gasteiger partial charge in [0.15, 0.2) is 5.78 Å². The number of hydrogen-bond acceptors (Lipinski definition) is 5. The van der Waals surface area contributed by atoms with E-state index in [-0.39, 0.29) is 29.3 Å². The number of ketones is 1. The molecule has 0 saturated heterocycles. The topological polar surface area (TPSA) is 108 Å². The van der Waals surface area contributed by atoms with Gasteiger partial charge in [0.05, 0.1) is 22.2 Å². The lowest BCUT2D eigenvalue weighted by atomic mass is 9.76. The van der Waals surface area contributed by atoms with Crippen molar-refractivity contribution in [3.05, 3.63) is 47.2 Å². The minimum atomic E-state index is -0.385. The highest BCUT2D eigenvalue weighted by molar-refractivity contribution is 6.13. The van der Waals surface area contributed by atoms with Crippen molar-refractivity contribution >= 4 is 28.4 Å². The number of Topliss-reactive ketones (excluding diaryl/α,β-unsaturated/α-hetero) is 1. The van der Waals surface area contributed by atoms with Crippen molar-refractivity contribution in [2.45, 2.75) is 33.3 Å². The fraction of sp³-hybridized carbons (Fsp3) is 0.316. The van der Waals surface area contributed by atoms with E-state index in [2.05, 4.69) is 15.3 Å². The fourth-order valence-electron chi connectivity index (χ4n) is 3.43. The molecule has 0 aliphatic heterocycles. The molecule has 1 amide bonds. The van der Waals surface area contributed by atoms with Crippen molar-refractivity contribution < 1.29 is 19.1 Å². The van der Waals surface area contributed by atoms with E-state index in [9.17, 15) is 9.59 Å². The molecule has 0 atom stereocenters. The Bertz CT molecular complexity index is 1030. The number of aromatic amines is 1. The first-order chi connectivity index (χ1) is 12.4. The molecule has 134 valence electrons. The number of carbonyl (C=O) groups is 2. The number of aliphatic hydroxyl groups excluding tert-OH is 1. The van der Waals surface area contributed by atoms with Gasteiger partial charge in [0.25, 0.3) is 5.91 Å². The van der Waals surface area contributed by atoms with Crippen LogP contribution in [0.2, 0.25) is 0 Å². The molecule has 1 aromatic carbocycles. The quantitative estimate of drug-likeness (QED) is 0.671. The SMILES string of the molecule is CC1(C)CC(=O)c2c(C(=O)Nc3ccc4nc(CO)[nH]c4c3)coc2C1. The molecule has 7 heteroatoms. The number of carbonyl (C=O) groups excluding carboxylic acids is 2. The third-order valence-corrected chi connectivity index (χ3v) is 4.61. The Morgan fingerprint density at radius 1 is 1.38 bits per heavy atom. The zero-order valence-corrected chi connectivity index (χ0v) is 14.5. The molecule has 3 aromatic rings. The van der Waals surface area contributed by atoms with Crippen LogP contribution in [0.15, 0.2) is 28.9 Å². The molecule has 1 aliphatic rings. The zero-order chi connectivity index (χ0) is 18.5. The number of aliphatic hydroxyl groups is 1. The number of imidazole rings is 1. The summed E-state index contributed by atoms with van der Waals surface area (Å²) in [5.41, 5.74) is 2.47. The van der Waals surface area contributed by atoms with Crippen molar-refractivity contribution in [2.75, 3.05) is 5.32 Å². The second-order valence-corrected chi connectivity index (χ2v) is 7.42. The van der Waals surface area contributed by atoms with Crippen LogP contribution in [-0.4, -0.2) is 26.8 Å². The summed E-state index contributed by atoms with van der Waals surface area (Å²) in [6, 6.07) is 5.20.